The molecule has 1 aromatic carbocycles. The minimum atomic E-state index is 0.191. The van der Waals surface area contributed by atoms with Gasteiger partial charge >= 0.3 is 0 Å². The van der Waals surface area contributed by atoms with Crippen molar-refractivity contribution in [1.29, 1.82) is 0 Å². The Bertz CT molecular complexity index is 886. The van der Waals surface area contributed by atoms with Gasteiger partial charge in [0, 0.05) is 30.0 Å². The molecule has 0 radical (unpaired) electrons. The minimum Gasteiger partial charge on any atom is -0.396 e. The summed E-state index contributed by atoms with van der Waals surface area (Å²) in [6, 6.07) is 10.4. The molecule has 1 aliphatic rings. The number of nitrogens with zero attached hydrogens (tertiary/aromatic N) is 3. The summed E-state index contributed by atoms with van der Waals surface area (Å²) in [5.41, 5.74) is 6.67. The Hall–Kier alpha value is -2.40. The predicted molar refractivity (Wildman–Crippen MR) is 100.0 cm³/mol. The Kier molecular flexibility index (Phi) is 4.40. The number of benzene rings is 1. The molecule has 25 heavy (non-hydrogen) atoms. The predicted octanol–water partition coefficient (Wildman–Crippen LogP) is 3.38. The van der Waals surface area contributed by atoms with E-state index in [1.807, 2.05) is 17.5 Å². The molecule has 2 N–H and O–H groups in total. The van der Waals surface area contributed by atoms with Gasteiger partial charge in [0.15, 0.2) is 5.65 Å². The Balaban J connectivity index is 1.92. The lowest BCUT2D eigenvalue weighted by atomic mass is 9.96. The molecule has 5 heteroatoms. The van der Waals surface area contributed by atoms with Gasteiger partial charge in [-0.05, 0) is 44.6 Å². The molecule has 0 bridgehead atoms. The quantitative estimate of drug-likeness (QED) is 0.701. The number of nitrogens with one attached hydrogen (secondary N) is 1. The third kappa shape index (κ3) is 2.89. The summed E-state index contributed by atoms with van der Waals surface area (Å²) >= 11 is 0. The molecule has 0 atom stereocenters. The SMILES string of the molecule is Cc1nn2c(NCCCO)c3c(nc2c1-c1ccccc1)CCCC3. The molecule has 0 aliphatic heterocycles. The van der Waals surface area contributed by atoms with E-state index in [2.05, 4.69) is 29.6 Å². The summed E-state index contributed by atoms with van der Waals surface area (Å²) in [4.78, 5) is 5.01. The summed E-state index contributed by atoms with van der Waals surface area (Å²) in [6.07, 6.45) is 5.18. The molecule has 130 valence electrons. The molecule has 0 spiro atoms. The van der Waals surface area contributed by atoms with Crippen LogP contribution in [0, 0.1) is 6.92 Å². The average Bonchev–Trinajstić information content (AvgIpc) is 2.97. The van der Waals surface area contributed by atoms with Crippen LogP contribution in [0.2, 0.25) is 0 Å². The average molecular weight is 336 g/mol. The van der Waals surface area contributed by atoms with E-state index in [1.54, 1.807) is 0 Å². The molecule has 5 nitrogen and oxygen atoms in total. The standard InChI is InChI=1S/C20H24N4O/c1-14-18(15-8-3-2-4-9-15)20-22-17-11-6-5-10-16(17)19(24(20)23-14)21-12-7-13-25/h2-4,8-9,21,25H,5-7,10-13H2,1H3. The first-order valence-corrected chi connectivity index (χ1v) is 9.11. The largest absolute Gasteiger partial charge is 0.396 e. The van der Waals surface area contributed by atoms with Gasteiger partial charge in [-0.15, -0.1) is 0 Å². The van der Waals surface area contributed by atoms with E-state index in [0.29, 0.717) is 0 Å². The van der Waals surface area contributed by atoms with Gasteiger partial charge in [-0.25, -0.2) is 4.98 Å². The van der Waals surface area contributed by atoms with Gasteiger partial charge < -0.3 is 10.4 Å². The van der Waals surface area contributed by atoms with E-state index in [4.69, 9.17) is 15.2 Å². The normalized spacial score (nSPS) is 13.8. The number of anilines is 1. The van der Waals surface area contributed by atoms with Gasteiger partial charge in [0.1, 0.15) is 5.82 Å². The Labute approximate surface area is 147 Å². The second-order valence-electron chi connectivity index (χ2n) is 6.66. The molecular formula is C20H24N4O. The van der Waals surface area contributed by atoms with Crippen LogP contribution in [0.3, 0.4) is 0 Å². The number of hydrogen-bond acceptors (Lipinski definition) is 4. The third-order valence-corrected chi connectivity index (χ3v) is 4.90. The molecular weight excluding hydrogens is 312 g/mol. The maximum absolute atomic E-state index is 9.12. The van der Waals surface area contributed by atoms with E-state index in [9.17, 15) is 0 Å². The van der Waals surface area contributed by atoms with Gasteiger partial charge in [0.05, 0.1) is 5.69 Å². The van der Waals surface area contributed by atoms with Gasteiger partial charge in [-0.3, -0.25) is 0 Å². The van der Waals surface area contributed by atoms with Crippen molar-refractivity contribution in [2.45, 2.75) is 39.0 Å². The molecule has 0 fully saturated rings. The van der Waals surface area contributed by atoms with Crippen LogP contribution in [-0.4, -0.2) is 32.9 Å². The maximum atomic E-state index is 9.12. The molecule has 0 unspecified atom stereocenters. The van der Waals surface area contributed by atoms with Crippen LogP contribution in [0.4, 0.5) is 5.82 Å². The van der Waals surface area contributed by atoms with Gasteiger partial charge in [0.2, 0.25) is 0 Å². The fourth-order valence-electron chi connectivity index (χ4n) is 3.71. The fraction of sp³-hybridized carbons (Fsp3) is 0.400. The summed E-state index contributed by atoms with van der Waals surface area (Å²) < 4.78 is 1.97. The Morgan fingerprint density at radius 1 is 1.16 bits per heavy atom. The lowest BCUT2D eigenvalue weighted by Gasteiger charge is -2.20. The number of hydrogen-bond donors (Lipinski definition) is 2. The first kappa shape index (κ1) is 16.1. The minimum absolute atomic E-state index is 0.191. The van der Waals surface area contributed by atoms with Crippen molar-refractivity contribution in [1.82, 2.24) is 14.6 Å². The van der Waals surface area contributed by atoms with Crippen molar-refractivity contribution < 1.29 is 5.11 Å². The first-order chi connectivity index (χ1) is 12.3. The zero-order valence-electron chi connectivity index (χ0n) is 14.6. The molecule has 0 saturated carbocycles. The summed E-state index contributed by atoms with van der Waals surface area (Å²) in [5.74, 6) is 1.05. The number of fused-ring (bicyclic) bond motifs is 2. The molecule has 4 rings (SSSR count). The summed E-state index contributed by atoms with van der Waals surface area (Å²) in [6.45, 7) is 2.98. The van der Waals surface area contributed by atoms with Gasteiger partial charge in [-0.1, -0.05) is 30.3 Å². The zero-order chi connectivity index (χ0) is 17.2. The van der Waals surface area contributed by atoms with Crippen molar-refractivity contribution in [3.8, 4) is 11.1 Å². The number of aromatic nitrogens is 3. The van der Waals surface area contributed by atoms with E-state index in [0.717, 1.165) is 54.1 Å². The molecule has 2 aromatic heterocycles. The van der Waals surface area contributed by atoms with Crippen LogP contribution >= 0.6 is 0 Å². The topological polar surface area (TPSA) is 62.5 Å². The number of aryl methyl sites for hydroxylation is 2. The van der Waals surface area contributed by atoms with Crippen LogP contribution in [0.25, 0.3) is 16.8 Å². The Morgan fingerprint density at radius 3 is 2.76 bits per heavy atom. The van der Waals surface area contributed by atoms with Crippen LogP contribution in [0.15, 0.2) is 30.3 Å². The van der Waals surface area contributed by atoms with E-state index in [1.165, 1.54) is 24.1 Å². The van der Waals surface area contributed by atoms with Crippen molar-refractivity contribution in [2.75, 3.05) is 18.5 Å². The maximum Gasteiger partial charge on any atom is 0.165 e. The molecule has 1 aliphatic carbocycles. The Morgan fingerprint density at radius 2 is 1.96 bits per heavy atom. The van der Waals surface area contributed by atoms with Gasteiger partial charge in [-0.2, -0.15) is 9.61 Å². The van der Waals surface area contributed by atoms with Crippen LogP contribution in [0.5, 0.6) is 0 Å². The van der Waals surface area contributed by atoms with Crippen LogP contribution in [-0.2, 0) is 12.8 Å². The zero-order valence-corrected chi connectivity index (χ0v) is 14.6. The lowest BCUT2D eigenvalue weighted by molar-refractivity contribution is 0.292. The van der Waals surface area contributed by atoms with Crippen LogP contribution in [0.1, 0.15) is 36.2 Å². The van der Waals surface area contributed by atoms with Crippen molar-refractivity contribution in [2.24, 2.45) is 0 Å². The molecule has 3 aromatic rings. The highest BCUT2D eigenvalue weighted by Gasteiger charge is 2.22. The van der Waals surface area contributed by atoms with Crippen molar-refractivity contribution in [3.05, 3.63) is 47.3 Å². The monoisotopic (exact) mass is 336 g/mol. The van der Waals surface area contributed by atoms with Crippen LogP contribution < -0.4 is 5.32 Å². The second-order valence-corrected chi connectivity index (χ2v) is 6.66. The third-order valence-electron chi connectivity index (χ3n) is 4.90. The second kappa shape index (κ2) is 6.84. The van der Waals surface area contributed by atoms with Gasteiger partial charge in [0.25, 0.3) is 0 Å². The molecule has 0 saturated heterocycles. The fourth-order valence-corrected chi connectivity index (χ4v) is 3.71. The highest BCUT2D eigenvalue weighted by molar-refractivity contribution is 5.81. The van der Waals surface area contributed by atoms with Crippen molar-refractivity contribution in [3.63, 3.8) is 0 Å². The van der Waals surface area contributed by atoms with Crippen molar-refractivity contribution >= 4 is 11.5 Å². The van der Waals surface area contributed by atoms with E-state index >= 15 is 0 Å². The summed E-state index contributed by atoms with van der Waals surface area (Å²) in [5, 5.41) is 17.4. The molecule has 2 heterocycles. The smallest absolute Gasteiger partial charge is 0.165 e. The number of aliphatic hydroxyl groups excluding tert-OH is 1. The lowest BCUT2D eigenvalue weighted by Crippen LogP contribution is -2.16. The van der Waals surface area contributed by atoms with E-state index < -0.39 is 0 Å². The first-order valence-electron chi connectivity index (χ1n) is 9.11. The highest BCUT2D eigenvalue weighted by Crippen LogP contribution is 2.33. The highest BCUT2D eigenvalue weighted by atomic mass is 16.3. The summed E-state index contributed by atoms with van der Waals surface area (Å²) in [7, 11) is 0. The number of rotatable bonds is 5. The number of aliphatic hydroxyl groups is 1. The molecule has 0 amide bonds. The van der Waals surface area contributed by atoms with E-state index in [-0.39, 0.29) is 6.61 Å².